The molecule has 1 aromatic heterocycles. The summed E-state index contributed by atoms with van der Waals surface area (Å²) in [6.45, 7) is 21.2. The first-order valence-electron chi connectivity index (χ1n) is 19.6. The van der Waals surface area contributed by atoms with Crippen molar-refractivity contribution in [2.75, 3.05) is 25.6 Å². The molecule has 14 heteroatoms. The Bertz CT molecular complexity index is 1440. The van der Waals surface area contributed by atoms with Gasteiger partial charge < -0.3 is 36.9 Å². The molecule has 2 amide bonds. The Balaban J connectivity index is 0.0000101. The number of aliphatic hydroxyl groups is 1. The average molecular weight is 864 g/mol. The zero-order valence-corrected chi connectivity index (χ0v) is 36.8. The van der Waals surface area contributed by atoms with Crippen LogP contribution in [0.25, 0.3) is 0 Å². The van der Waals surface area contributed by atoms with Crippen LogP contribution in [-0.4, -0.2) is 81.1 Å². The topological polar surface area (TPSA) is 161 Å². The Morgan fingerprint density at radius 2 is 1.50 bits per heavy atom. The second kappa shape index (κ2) is 21.3. The van der Waals surface area contributed by atoms with Gasteiger partial charge in [0.05, 0.1) is 30.5 Å². The molecular formula is C40H68ClMoN4O8-. The predicted molar refractivity (Wildman–Crippen MR) is 208 cm³/mol. The zero-order valence-electron chi connectivity index (χ0n) is 34.0. The summed E-state index contributed by atoms with van der Waals surface area (Å²) in [5.74, 6) is 0.305. The van der Waals surface area contributed by atoms with Crippen molar-refractivity contribution >= 4 is 23.4 Å². The molecule has 3 atom stereocenters. The number of nitrogens with one attached hydrogen (secondary N) is 3. The van der Waals surface area contributed by atoms with E-state index in [9.17, 15) is 24.3 Å². The van der Waals surface area contributed by atoms with Gasteiger partial charge in [0, 0.05) is 69.0 Å². The van der Waals surface area contributed by atoms with Gasteiger partial charge in [-0.25, -0.2) is 4.79 Å². The van der Waals surface area contributed by atoms with Crippen molar-refractivity contribution in [3.05, 3.63) is 39.5 Å². The van der Waals surface area contributed by atoms with Crippen molar-refractivity contribution in [3.63, 3.8) is 0 Å². The molecule has 0 spiro atoms. The van der Waals surface area contributed by atoms with Gasteiger partial charge in [0.2, 0.25) is 11.8 Å². The van der Waals surface area contributed by atoms with Crippen LogP contribution in [0.3, 0.4) is 0 Å². The first-order valence-corrected chi connectivity index (χ1v) is 20.1. The van der Waals surface area contributed by atoms with Gasteiger partial charge in [0.1, 0.15) is 6.23 Å². The summed E-state index contributed by atoms with van der Waals surface area (Å²) < 4.78 is 19.2. The number of carbonyl (C=O) groups excluding carboxylic acids is 2. The number of hydrogen-bond acceptors (Lipinski definition) is 8. The first-order chi connectivity index (χ1) is 24.7. The second-order valence-corrected chi connectivity index (χ2v) is 18.1. The Morgan fingerprint density at radius 1 is 0.926 bits per heavy atom. The Labute approximate surface area is 342 Å². The van der Waals surface area contributed by atoms with Crippen LogP contribution in [0.2, 0.25) is 0 Å². The van der Waals surface area contributed by atoms with E-state index >= 15 is 0 Å². The molecule has 3 rings (SSSR count). The smallest absolute Gasteiger partial charge is 0.330 e. The molecule has 1 saturated heterocycles. The quantitative estimate of drug-likeness (QED) is 0.0533. The minimum atomic E-state index is -0.813. The largest absolute Gasteiger partial charge is 0.393 e. The fraction of sp³-hybridized carbons (Fsp3) is 0.825. The van der Waals surface area contributed by atoms with E-state index in [-0.39, 0.29) is 62.3 Å². The third-order valence-electron chi connectivity index (χ3n) is 10.8. The summed E-state index contributed by atoms with van der Waals surface area (Å²) in [5, 5.41) is 16.3. The summed E-state index contributed by atoms with van der Waals surface area (Å²) >= 11 is 5.77. The van der Waals surface area contributed by atoms with Crippen LogP contribution in [0.15, 0.2) is 15.8 Å². The number of unbranched alkanes of at least 4 members (excludes halogenated alkanes) is 3. The molecule has 1 unspecified atom stereocenters. The Kier molecular flexibility index (Phi) is 19.1. The molecule has 1 aliphatic carbocycles. The predicted octanol–water partition coefficient (Wildman–Crippen LogP) is 5.67. The zero-order chi connectivity index (χ0) is 39.6. The first kappa shape index (κ1) is 48.6. The maximum atomic E-state index is 13.4. The van der Waals surface area contributed by atoms with Gasteiger partial charge in [0.25, 0.3) is 5.56 Å². The van der Waals surface area contributed by atoms with Crippen LogP contribution in [-0.2, 0) is 50.3 Å². The van der Waals surface area contributed by atoms with Gasteiger partial charge in [-0.2, -0.15) is 0 Å². The van der Waals surface area contributed by atoms with Gasteiger partial charge >= 0.3 is 5.69 Å². The second-order valence-electron chi connectivity index (χ2n) is 17.7. The van der Waals surface area contributed by atoms with Crippen LogP contribution in [0.1, 0.15) is 144 Å². The summed E-state index contributed by atoms with van der Waals surface area (Å²) in [4.78, 5) is 54.4. The van der Waals surface area contributed by atoms with Crippen LogP contribution >= 0.6 is 11.6 Å². The number of nitrogens with zero attached hydrogens (tertiary/aromatic N) is 1. The third kappa shape index (κ3) is 15.4. The normalized spacial score (nSPS) is 22.5. The number of H-pyrrole nitrogens is 1. The molecule has 0 bridgehead atoms. The number of aliphatic hydroxyl groups excluding tert-OH is 1. The molecule has 2 heterocycles. The van der Waals surface area contributed by atoms with E-state index in [1.54, 1.807) is 0 Å². The molecule has 0 radical (unpaired) electrons. The molecule has 12 nitrogen and oxygen atoms in total. The average Bonchev–Trinajstić information content (AvgIpc) is 3.38. The summed E-state index contributed by atoms with van der Waals surface area (Å²) in [6.07, 6.45) is 8.65. The maximum absolute atomic E-state index is 13.4. The number of carbonyl (C=O) groups is 2. The van der Waals surface area contributed by atoms with E-state index in [0.717, 1.165) is 38.0 Å². The number of hydrogen-bond donors (Lipinski definition) is 4. The molecular weight excluding hydrogens is 796 g/mol. The van der Waals surface area contributed by atoms with Crippen molar-refractivity contribution in [3.8, 4) is 0 Å². The summed E-state index contributed by atoms with van der Waals surface area (Å²) in [6, 6.07) is 0. The van der Waals surface area contributed by atoms with Crippen LogP contribution in [0.5, 0.6) is 0 Å². The van der Waals surface area contributed by atoms with Crippen molar-refractivity contribution in [1.82, 2.24) is 20.2 Å². The molecule has 54 heavy (non-hydrogen) atoms. The monoisotopic (exact) mass is 865 g/mol. The molecule has 0 aromatic carbocycles. The van der Waals surface area contributed by atoms with Gasteiger partial charge in [-0.05, 0) is 104 Å². The van der Waals surface area contributed by atoms with Crippen molar-refractivity contribution < 1.29 is 50.0 Å². The van der Waals surface area contributed by atoms with Crippen molar-refractivity contribution in [1.29, 1.82) is 0 Å². The molecule has 310 valence electrons. The fourth-order valence-electron chi connectivity index (χ4n) is 7.73. The third-order valence-corrected chi connectivity index (χ3v) is 11.0. The number of rotatable bonds is 21. The number of halogens is 1. The van der Waals surface area contributed by atoms with E-state index in [4.69, 9.17) is 25.8 Å². The van der Waals surface area contributed by atoms with Crippen LogP contribution in [0.4, 0.5) is 0 Å². The maximum Gasteiger partial charge on any atom is 0.330 e. The molecule has 1 aromatic rings. The number of aromatic nitrogens is 2. The molecule has 2 fully saturated rings. The van der Waals surface area contributed by atoms with Gasteiger partial charge in [-0.1, -0.05) is 33.1 Å². The minimum absolute atomic E-state index is 0. The van der Waals surface area contributed by atoms with E-state index in [2.05, 4.69) is 36.4 Å². The van der Waals surface area contributed by atoms with E-state index in [1.807, 2.05) is 41.5 Å². The van der Waals surface area contributed by atoms with Gasteiger partial charge in [-0.3, -0.25) is 23.9 Å². The number of ether oxygens (including phenoxy) is 3. The number of alkyl halides is 1. The van der Waals surface area contributed by atoms with Gasteiger partial charge in [-0.15, -0.1) is 11.6 Å². The summed E-state index contributed by atoms with van der Waals surface area (Å²) in [5.41, 5.74) is -2.71. The van der Waals surface area contributed by atoms with Crippen molar-refractivity contribution in [2.45, 2.75) is 173 Å². The van der Waals surface area contributed by atoms with Crippen molar-refractivity contribution in [2.24, 2.45) is 11.8 Å². The Hall–Kier alpha value is -1.56. The van der Waals surface area contributed by atoms with Gasteiger partial charge in [0.15, 0.2) is 0 Å². The molecule has 2 aliphatic rings. The van der Waals surface area contributed by atoms with E-state index in [0.29, 0.717) is 57.4 Å². The van der Waals surface area contributed by atoms with Crippen LogP contribution < -0.4 is 21.9 Å². The standard InChI is InChI=1S/C40H68ClN4O8.Mo/c1-27-31(46)24-32(53-27)45-25-30(35(49)43-36(45)50)37(2,3)26-38(4,5)44-34(48)29-16-14-28(15-17-29)33(47)42-21-23-52-40(8,9)19-22-51-39(6,7)18-12-10-11-13-20-41;/h25,27-29,31-32,46H,1,10-24,26H2,2-9H3,(H,42,47)(H,44,48)(H,43,49,50);/q-1;/t27-,28?,29?,31?,32-;/m1./s1. The molecule has 1 saturated carbocycles. The molecule has 4 N–H and O–H groups in total. The fourth-order valence-corrected chi connectivity index (χ4v) is 7.92. The Morgan fingerprint density at radius 3 is 2.09 bits per heavy atom. The number of aromatic amines is 1. The summed E-state index contributed by atoms with van der Waals surface area (Å²) in [7, 11) is 0. The molecule has 1 aliphatic heterocycles. The number of amides is 2. The minimum Gasteiger partial charge on any atom is -0.393 e. The van der Waals surface area contributed by atoms with Crippen LogP contribution in [0, 0.1) is 18.8 Å². The SMILES string of the molecule is [CH2-][C@H]1O[C@@H](n2cc(C(C)(C)CC(C)(C)NC(=O)C3CCC(C(=O)NCCOC(C)(C)CCOC(C)(C)CCCCCCCl)CC3)c(=O)[nH]c2=O)CC1O.[Mo]. The van der Waals surface area contributed by atoms with E-state index in [1.165, 1.54) is 17.2 Å². The van der Waals surface area contributed by atoms with E-state index < -0.39 is 40.6 Å².